The first-order valence-electron chi connectivity index (χ1n) is 3.98. The summed E-state index contributed by atoms with van der Waals surface area (Å²) in [6.07, 6.45) is 0. The van der Waals surface area contributed by atoms with Gasteiger partial charge in [-0.15, -0.1) is 0 Å². The first-order valence-corrected chi connectivity index (χ1v) is 5.57. The molecule has 0 aliphatic heterocycles. The lowest BCUT2D eigenvalue weighted by atomic mass is 10.2. The minimum absolute atomic E-state index is 0.0417. The highest BCUT2D eigenvalue weighted by Crippen LogP contribution is 2.28. The third-order valence-corrected chi connectivity index (χ3v) is 2.98. The zero-order valence-electron chi connectivity index (χ0n) is 7.28. The van der Waals surface area contributed by atoms with Crippen LogP contribution in [0.3, 0.4) is 0 Å². The minimum Gasteiger partial charge on any atom is -0.258 e. The Balaban J connectivity index is 2.76. The fourth-order valence-electron chi connectivity index (χ4n) is 1.26. The number of halogens is 2. The summed E-state index contributed by atoms with van der Waals surface area (Å²) in [5.41, 5.74) is 0.630. The molecular formula is C9H4Br2N2O2. The zero-order valence-corrected chi connectivity index (χ0v) is 10.4. The number of fused-ring (bicyclic) bond motifs is 1. The van der Waals surface area contributed by atoms with E-state index in [2.05, 4.69) is 36.8 Å². The number of non-ortho nitro benzene ring substituents is 1. The van der Waals surface area contributed by atoms with Gasteiger partial charge in [0.15, 0.2) is 0 Å². The van der Waals surface area contributed by atoms with Crippen molar-refractivity contribution in [2.45, 2.75) is 0 Å². The molecule has 2 aromatic rings. The van der Waals surface area contributed by atoms with Crippen molar-refractivity contribution in [2.75, 3.05) is 0 Å². The highest BCUT2D eigenvalue weighted by atomic mass is 79.9. The van der Waals surface area contributed by atoms with Gasteiger partial charge in [-0.05, 0) is 44.0 Å². The molecule has 0 saturated heterocycles. The van der Waals surface area contributed by atoms with E-state index in [1.807, 2.05) is 0 Å². The molecule has 1 aromatic carbocycles. The number of rotatable bonds is 1. The molecule has 0 fully saturated rings. The van der Waals surface area contributed by atoms with Crippen molar-refractivity contribution in [1.29, 1.82) is 0 Å². The van der Waals surface area contributed by atoms with Crippen LogP contribution in [0.2, 0.25) is 0 Å². The molecule has 0 radical (unpaired) electrons. The van der Waals surface area contributed by atoms with Gasteiger partial charge in [0.1, 0.15) is 4.60 Å². The van der Waals surface area contributed by atoms with Crippen molar-refractivity contribution < 1.29 is 4.92 Å². The number of pyridine rings is 1. The van der Waals surface area contributed by atoms with Gasteiger partial charge in [-0.25, -0.2) is 4.98 Å². The van der Waals surface area contributed by atoms with Crippen LogP contribution < -0.4 is 0 Å². The van der Waals surface area contributed by atoms with Gasteiger partial charge in [0.05, 0.1) is 10.4 Å². The van der Waals surface area contributed by atoms with Gasteiger partial charge >= 0.3 is 0 Å². The molecule has 2 rings (SSSR count). The second kappa shape index (κ2) is 3.86. The SMILES string of the molecule is O=[N+]([O-])c1ccc2c(Br)cc(Br)nc2c1. The summed E-state index contributed by atoms with van der Waals surface area (Å²) < 4.78 is 1.50. The molecule has 0 aliphatic carbocycles. The summed E-state index contributed by atoms with van der Waals surface area (Å²) in [7, 11) is 0. The molecule has 1 aromatic heterocycles. The molecular weight excluding hydrogens is 328 g/mol. The summed E-state index contributed by atoms with van der Waals surface area (Å²) in [6, 6.07) is 6.39. The van der Waals surface area contributed by atoms with Gasteiger partial charge in [0.25, 0.3) is 5.69 Å². The summed E-state index contributed by atoms with van der Waals surface area (Å²) in [6.45, 7) is 0. The summed E-state index contributed by atoms with van der Waals surface area (Å²) in [4.78, 5) is 14.3. The van der Waals surface area contributed by atoms with Gasteiger partial charge < -0.3 is 0 Å². The number of nitro benzene ring substituents is 1. The summed E-state index contributed by atoms with van der Waals surface area (Å²) >= 11 is 6.60. The fourth-order valence-corrected chi connectivity index (χ4v) is 2.54. The smallest absolute Gasteiger partial charge is 0.258 e. The quantitative estimate of drug-likeness (QED) is 0.455. The highest BCUT2D eigenvalue weighted by Gasteiger charge is 2.09. The Morgan fingerprint density at radius 3 is 2.67 bits per heavy atom. The third-order valence-electron chi connectivity index (χ3n) is 1.92. The molecule has 0 bridgehead atoms. The van der Waals surface area contributed by atoms with Crippen LogP contribution in [0.15, 0.2) is 33.3 Å². The Labute approximate surface area is 102 Å². The number of nitrogens with zero attached hydrogens (tertiary/aromatic N) is 2. The first-order chi connectivity index (χ1) is 7.08. The Morgan fingerprint density at radius 1 is 1.27 bits per heavy atom. The predicted octanol–water partition coefficient (Wildman–Crippen LogP) is 3.67. The van der Waals surface area contributed by atoms with Gasteiger partial charge in [0, 0.05) is 22.0 Å². The molecule has 6 heteroatoms. The largest absolute Gasteiger partial charge is 0.271 e. The van der Waals surface area contributed by atoms with E-state index in [1.165, 1.54) is 12.1 Å². The van der Waals surface area contributed by atoms with Crippen LogP contribution in [0.25, 0.3) is 10.9 Å². The summed E-state index contributed by atoms with van der Waals surface area (Å²) in [5, 5.41) is 11.4. The Kier molecular flexibility index (Phi) is 2.70. The second-order valence-electron chi connectivity index (χ2n) is 2.89. The number of benzene rings is 1. The average Bonchev–Trinajstić information content (AvgIpc) is 2.16. The van der Waals surface area contributed by atoms with Crippen molar-refractivity contribution >= 4 is 48.5 Å². The maximum Gasteiger partial charge on any atom is 0.271 e. The van der Waals surface area contributed by atoms with Gasteiger partial charge in [0.2, 0.25) is 0 Å². The third kappa shape index (κ3) is 2.00. The molecule has 0 saturated carbocycles. The molecule has 0 aliphatic rings. The van der Waals surface area contributed by atoms with Crippen LogP contribution in [0.1, 0.15) is 0 Å². The monoisotopic (exact) mass is 330 g/mol. The fraction of sp³-hybridized carbons (Fsp3) is 0. The molecule has 0 unspecified atom stereocenters. The lowest BCUT2D eigenvalue weighted by Gasteiger charge is -2.00. The zero-order chi connectivity index (χ0) is 11.0. The van der Waals surface area contributed by atoms with E-state index in [4.69, 9.17) is 0 Å². The van der Waals surface area contributed by atoms with E-state index in [-0.39, 0.29) is 5.69 Å². The number of hydrogen-bond acceptors (Lipinski definition) is 3. The molecule has 76 valence electrons. The van der Waals surface area contributed by atoms with E-state index in [1.54, 1.807) is 12.1 Å². The topological polar surface area (TPSA) is 56.0 Å². The van der Waals surface area contributed by atoms with Gasteiger partial charge in [-0.1, -0.05) is 0 Å². The Morgan fingerprint density at radius 2 is 2.00 bits per heavy atom. The normalized spacial score (nSPS) is 10.5. The molecule has 0 atom stereocenters. The van der Waals surface area contributed by atoms with Gasteiger partial charge in [-0.3, -0.25) is 10.1 Å². The molecule has 0 amide bonds. The van der Waals surface area contributed by atoms with Crippen LogP contribution in [0.5, 0.6) is 0 Å². The van der Waals surface area contributed by atoms with E-state index in [0.29, 0.717) is 10.1 Å². The van der Waals surface area contributed by atoms with E-state index in [9.17, 15) is 10.1 Å². The number of nitro groups is 1. The van der Waals surface area contributed by atoms with E-state index >= 15 is 0 Å². The predicted molar refractivity (Wildman–Crippen MR) is 63.8 cm³/mol. The van der Waals surface area contributed by atoms with Crippen molar-refractivity contribution in [3.63, 3.8) is 0 Å². The Bertz CT molecular complexity index is 557. The molecule has 4 nitrogen and oxygen atoms in total. The molecule has 1 heterocycles. The highest BCUT2D eigenvalue weighted by molar-refractivity contribution is 9.11. The van der Waals surface area contributed by atoms with Crippen molar-refractivity contribution in [3.8, 4) is 0 Å². The number of hydrogen-bond donors (Lipinski definition) is 0. The van der Waals surface area contributed by atoms with Crippen LogP contribution >= 0.6 is 31.9 Å². The van der Waals surface area contributed by atoms with Crippen molar-refractivity contribution in [2.24, 2.45) is 0 Å². The minimum atomic E-state index is -0.435. The average molecular weight is 332 g/mol. The van der Waals surface area contributed by atoms with Crippen LogP contribution in [-0.2, 0) is 0 Å². The maximum atomic E-state index is 10.6. The van der Waals surface area contributed by atoms with Crippen molar-refractivity contribution in [3.05, 3.63) is 43.5 Å². The lowest BCUT2D eigenvalue weighted by molar-refractivity contribution is -0.384. The van der Waals surface area contributed by atoms with Crippen LogP contribution in [0.4, 0.5) is 5.69 Å². The van der Waals surface area contributed by atoms with Gasteiger partial charge in [-0.2, -0.15) is 0 Å². The second-order valence-corrected chi connectivity index (χ2v) is 4.55. The molecule has 15 heavy (non-hydrogen) atoms. The molecule has 0 N–H and O–H groups in total. The van der Waals surface area contributed by atoms with E-state index in [0.717, 1.165) is 9.86 Å². The first kappa shape index (κ1) is 10.5. The maximum absolute atomic E-state index is 10.6. The summed E-state index contributed by atoms with van der Waals surface area (Å²) in [5.74, 6) is 0. The Hall–Kier alpha value is -1.01. The lowest BCUT2D eigenvalue weighted by Crippen LogP contribution is -1.89. The molecule has 0 spiro atoms. The van der Waals surface area contributed by atoms with Crippen LogP contribution in [0, 0.1) is 10.1 Å². The standard InChI is InChI=1S/C9H4Br2N2O2/c10-7-4-9(11)12-8-3-5(13(14)15)1-2-6(7)8/h1-4H. The van der Waals surface area contributed by atoms with Crippen LogP contribution in [-0.4, -0.2) is 9.91 Å². The number of aromatic nitrogens is 1. The van der Waals surface area contributed by atoms with E-state index < -0.39 is 4.92 Å². The van der Waals surface area contributed by atoms with Crippen molar-refractivity contribution in [1.82, 2.24) is 4.98 Å².